The second-order valence-corrected chi connectivity index (χ2v) is 5.47. The summed E-state index contributed by atoms with van der Waals surface area (Å²) in [5.74, 6) is 1.58. The average molecular weight is 316 g/mol. The fourth-order valence-corrected chi connectivity index (χ4v) is 2.62. The van der Waals surface area contributed by atoms with Crippen LogP contribution >= 0.6 is 15.9 Å². The lowest BCUT2D eigenvalue weighted by molar-refractivity contribution is 0.104. The normalized spacial score (nSPS) is 23.7. The summed E-state index contributed by atoms with van der Waals surface area (Å²) >= 11 is 3.32. The Hall–Kier alpha value is -0.880. The molecule has 5 nitrogen and oxygen atoms in total. The van der Waals surface area contributed by atoms with Crippen molar-refractivity contribution >= 4 is 21.9 Å². The third-order valence-corrected chi connectivity index (χ3v) is 3.75. The van der Waals surface area contributed by atoms with Gasteiger partial charge in [-0.2, -0.15) is 4.98 Å². The summed E-state index contributed by atoms with van der Waals surface area (Å²) in [4.78, 5) is 8.42. The Labute approximate surface area is 115 Å². The van der Waals surface area contributed by atoms with Crippen molar-refractivity contribution in [1.29, 1.82) is 0 Å². The van der Waals surface area contributed by atoms with Gasteiger partial charge < -0.3 is 15.2 Å². The summed E-state index contributed by atoms with van der Waals surface area (Å²) in [5, 5.41) is 12.8. The number of aliphatic hydroxyl groups excluding tert-OH is 1. The number of halogens is 1. The van der Waals surface area contributed by atoms with Crippen LogP contribution < -0.4 is 10.1 Å². The number of hydrogen-bond acceptors (Lipinski definition) is 5. The zero-order valence-electron chi connectivity index (χ0n) is 10.4. The van der Waals surface area contributed by atoms with Crippen LogP contribution in [0.25, 0.3) is 0 Å². The molecule has 18 heavy (non-hydrogen) atoms. The van der Waals surface area contributed by atoms with Gasteiger partial charge in [0, 0.05) is 6.54 Å². The van der Waals surface area contributed by atoms with Gasteiger partial charge in [-0.1, -0.05) is 6.42 Å². The first-order valence-electron chi connectivity index (χ1n) is 6.17. The van der Waals surface area contributed by atoms with Crippen LogP contribution in [0.4, 0.5) is 5.95 Å². The van der Waals surface area contributed by atoms with Gasteiger partial charge in [0.1, 0.15) is 0 Å². The van der Waals surface area contributed by atoms with E-state index >= 15 is 0 Å². The molecule has 1 fully saturated rings. The van der Waals surface area contributed by atoms with Crippen LogP contribution in [0.2, 0.25) is 0 Å². The largest absolute Gasteiger partial charge is 0.480 e. The van der Waals surface area contributed by atoms with E-state index in [4.69, 9.17) is 4.74 Å². The van der Waals surface area contributed by atoms with E-state index in [2.05, 4.69) is 31.2 Å². The zero-order valence-corrected chi connectivity index (χ0v) is 12.0. The highest BCUT2D eigenvalue weighted by molar-refractivity contribution is 9.10. The number of aromatic nitrogens is 2. The highest BCUT2D eigenvalue weighted by Crippen LogP contribution is 2.25. The maximum Gasteiger partial charge on any atom is 0.232 e. The average Bonchev–Trinajstić information content (AvgIpc) is 2.38. The summed E-state index contributed by atoms with van der Waals surface area (Å²) < 4.78 is 5.86. The van der Waals surface area contributed by atoms with Gasteiger partial charge in [-0.05, 0) is 41.1 Å². The minimum absolute atomic E-state index is 0.147. The molecule has 1 aliphatic rings. The summed E-state index contributed by atoms with van der Waals surface area (Å²) in [5.41, 5.74) is 0. The second kappa shape index (κ2) is 6.33. The number of rotatable bonds is 4. The number of nitrogens with zero attached hydrogens (tertiary/aromatic N) is 2. The number of aliphatic hydroxyl groups is 1. The van der Waals surface area contributed by atoms with E-state index in [1.165, 1.54) is 0 Å². The SMILES string of the molecule is COc1nc(NCC2CCCC(O)C2)ncc1Br. The molecule has 1 aliphatic carbocycles. The highest BCUT2D eigenvalue weighted by atomic mass is 79.9. The third kappa shape index (κ3) is 3.55. The van der Waals surface area contributed by atoms with Crippen molar-refractivity contribution in [3.8, 4) is 5.88 Å². The lowest BCUT2D eigenvalue weighted by atomic mass is 9.87. The summed E-state index contributed by atoms with van der Waals surface area (Å²) in [6, 6.07) is 0. The molecule has 0 radical (unpaired) electrons. The van der Waals surface area contributed by atoms with Gasteiger partial charge >= 0.3 is 0 Å². The second-order valence-electron chi connectivity index (χ2n) is 4.62. The molecule has 2 atom stereocenters. The summed E-state index contributed by atoms with van der Waals surface area (Å²) in [6.45, 7) is 0.793. The van der Waals surface area contributed by atoms with E-state index in [0.717, 1.165) is 36.7 Å². The standard InChI is InChI=1S/C12H18BrN3O2/c1-18-11-10(13)7-15-12(16-11)14-6-8-3-2-4-9(17)5-8/h7-9,17H,2-6H2,1H3,(H,14,15,16). The van der Waals surface area contributed by atoms with Crippen molar-refractivity contribution in [3.63, 3.8) is 0 Å². The summed E-state index contributed by atoms with van der Waals surface area (Å²) in [7, 11) is 1.58. The third-order valence-electron chi connectivity index (χ3n) is 3.21. The number of nitrogens with one attached hydrogen (secondary N) is 1. The molecule has 0 saturated heterocycles. The fraction of sp³-hybridized carbons (Fsp3) is 0.667. The van der Waals surface area contributed by atoms with Crippen LogP contribution in [-0.4, -0.2) is 34.8 Å². The van der Waals surface area contributed by atoms with Crippen molar-refractivity contribution < 1.29 is 9.84 Å². The molecule has 1 aromatic rings. The first kappa shape index (κ1) is 13.5. The van der Waals surface area contributed by atoms with Crippen LogP contribution in [0, 0.1) is 5.92 Å². The Kier molecular flexibility index (Phi) is 4.77. The highest BCUT2D eigenvalue weighted by Gasteiger charge is 2.20. The van der Waals surface area contributed by atoms with E-state index in [9.17, 15) is 5.11 Å². The Morgan fingerprint density at radius 3 is 3.11 bits per heavy atom. The molecular weight excluding hydrogens is 298 g/mol. The topological polar surface area (TPSA) is 67.3 Å². The molecule has 6 heteroatoms. The molecular formula is C12H18BrN3O2. The Balaban J connectivity index is 1.89. The zero-order chi connectivity index (χ0) is 13.0. The van der Waals surface area contributed by atoms with Crippen LogP contribution in [0.3, 0.4) is 0 Å². The van der Waals surface area contributed by atoms with Gasteiger partial charge in [0.2, 0.25) is 11.8 Å². The van der Waals surface area contributed by atoms with Gasteiger partial charge in [-0.15, -0.1) is 0 Å². The predicted octanol–water partition coefficient (Wildman–Crippen LogP) is 2.21. The van der Waals surface area contributed by atoms with Crippen LogP contribution in [0.5, 0.6) is 5.88 Å². The van der Waals surface area contributed by atoms with Gasteiger partial charge in [-0.3, -0.25) is 0 Å². The minimum Gasteiger partial charge on any atom is -0.480 e. The molecule has 0 spiro atoms. The van der Waals surface area contributed by atoms with Crippen LogP contribution in [0.1, 0.15) is 25.7 Å². The van der Waals surface area contributed by atoms with Gasteiger partial charge in [0.25, 0.3) is 0 Å². The van der Waals surface area contributed by atoms with E-state index in [0.29, 0.717) is 17.7 Å². The molecule has 100 valence electrons. The lowest BCUT2D eigenvalue weighted by Crippen LogP contribution is -2.25. The Morgan fingerprint density at radius 2 is 2.39 bits per heavy atom. The van der Waals surface area contributed by atoms with E-state index in [1.807, 2.05) is 0 Å². The van der Waals surface area contributed by atoms with Crippen molar-refractivity contribution in [2.45, 2.75) is 31.8 Å². The molecule has 0 aliphatic heterocycles. The molecule has 2 N–H and O–H groups in total. The first-order chi connectivity index (χ1) is 8.69. The fourth-order valence-electron chi connectivity index (χ4n) is 2.26. The maximum absolute atomic E-state index is 9.61. The Bertz CT molecular complexity index is 403. The molecule has 2 unspecified atom stereocenters. The van der Waals surface area contributed by atoms with Crippen LogP contribution in [-0.2, 0) is 0 Å². The Morgan fingerprint density at radius 1 is 1.56 bits per heavy atom. The van der Waals surface area contributed by atoms with Crippen LogP contribution in [0.15, 0.2) is 10.7 Å². The number of methoxy groups -OCH3 is 1. The van der Waals surface area contributed by atoms with Gasteiger partial charge in [-0.25, -0.2) is 4.98 Å². The quantitative estimate of drug-likeness (QED) is 0.891. The molecule has 1 saturated carbocycles. The smallest absolute Gasteiger partial charge is 0.232 e. The van der Waals surface area contributed by atoms with Crippen molar-refractivity contribution in [2.24, 2.45) is 5.92 Å². The van der Waals surface area contributed by atoms with E-state index in [-0.39, 0.29) is 6.10 Å². The first-order valence-corrected chi connectivity index (χ1v) is 6.97. The molecule has 2 rings (SSSR count). The lowest BCUT2D eigenvalue weighted by Gasteiger charge is -2.25. The van der Waals surface area contributed by atoms with Crippen molar-refractivity contribution in [3.05, 3.63) is 10.7 Å². The van der Waals surface area contributed by atoms with E-state index in [1.54, 1.807) is 13.3 Å². The predicted molar refractivity (Wildman–Crippen MR) is 72.7 cm³/mol. The number of hydrogen-bond donors (Lipinski definition) is 2. The maximum atomic E-state index is 9.61. The number of ether oxygens (including phenoxy) is 1. The number of anilines is 1. The van der Waals surface area contributed by atoms with Crippen molar-refractivity contribution in [2.75, 3.05) is 19.0 Å². The van der Waals surface area contributed by atoms with Gasteiger partial charge in [0.15, 0.2) is 0 Å². The molecule has 0 aromatic carbocycles. The van der Waals surface area contributed by atoms with Crippen molar-refractivity contribution in [1.82, 2.24) is 9.97 Å². The molecule has 1 heterocycles. The minimum atomic E-state index is -0.147. The molecule has 0 amide bonds. The molecule has 0 bridgehead atoms. The van der Waals surface area contributed by atoms with E-state index < -0.39 is 0 Å². The van der Waals surface area contributed by atoms with Gasteiger partial charge in [0.05, 0.1) is 23.9 Å². The summed E-state index contributed by atoms with van der Waals surface area (Å²) in [6.07, 6.45) is 5.56. The molecule has 1 aromatic heterocycles. The monoisotopic (exact) mass is 315 g/mol.